The van der Waals surface area contributed by atoms with Crippen molar-refractivity contribution >= 4 is 5.78 Å². The molecule has 0 amide bonds. The zero-order chi connectivity index (χ0) is 21.5. The highest BCUT2D eigenvalue weighted by Gasteiger charge is 2.46. The first-order valence-electron chi connectivity index (χ1n) is 9.50. The van der Waals surface area contributed by atoms with Crippen molar-refractivity contribution in [3.05, 3.63) is 63.7 Å². The van der Waals surface area contributed by atoms with E-state index in [4.69, 9.17) is 4.74 Å². The molecule has 6 heteroatoms. The maximum absolute atomic E-state index is 13.4. The molecule has 0 spiro atoms. The molecule has 2 unspecified atom stereocenters. The number of aromatic hydroxyl groups is 2. The Labute approximate surface area is 169 Å². The minimum absolute atomic E-state index is 0.130. The zero-order valence-corrected chi connectivity index (χ0v) is 17.0. The first-order chi connectivity index (χ1) is 13.6. The quantitative estimate of drug-likeness (QED) is 0.437. The molecule has 1 aromatic carbocycles. The molecule has 3 rings (SSSR count). The van der Waals surface area contributed by atoms with Crippen LogP contribution in [0.2, 0.25) is 0 Å². The van der Waals surface area contributed by atoms with Gasteiger partial charge in [0, 0.05) is 5.56 Å². The number of allylic oxidation sites excluding steroid dienone is 6. The molecule has 1 aromatic rings. The Hall–Kier alpha value is -3.15. The number of aliphatic hydroxyl groups is 2. The van der Waals surface area contributed by atoms with Gasteiger partial charge < -0.3 is 25.2 Å². The maximum atomic E-state index is 13.4. The van der Waals surface area contributed by atoms with E-state index in [0.717, 1.165) is 11.1 Å². The van der Waals surface area contributed by atoms with Gasteiger partial charge in [-0.05, 0) is 58.3 Å². The van der Waals surface area contributed by atoms with Crippen LogP contribution in [0, 0.1) is 5.92 Å². The van der Waals surface area contributed by atoms with Crippen LogP contribution in [0.4, 0.5) is 0 Å². The Balaban J connectivity index is 2.28. The smallest absolute Gasteiger partial charge is 0.201 e. The van der Waals surface area contributed by atoms with Gasteiger partial charge in [0.25, 0.3) is 0 Å². The number of ether oxygens (including phenoxy) is 1. The molecule has 0 fully saturated rings. The lowest BCUT2D eigenvalue weighted by atomic mass is 9.80. The number of phenolic OH excluding ortho intramolecular Hbond substituents is 2. The van der Waals surface area contributed by atoms with Crippen LogP contribution >= 0.6 is 0 Å². The molecule has 0 aromatic heterocycles. The number of hydrogen-bond acceptors (Lipinski definition) is 6. The monoisotopic (exact) mass is 398 g/mol. The van der Waals surface area contributed by atoms with E-state index in [1.165, 1.54) is 12.2 Å². The van der Waals surface area contributed by atoms with Gasteiger partial charge in [0.15, 0.2) is 23.4 Å². The first-order valence-corrected chi connectivity index (χ1v) is 9.50. The number of rotatable bonds is 4. The highest BCUT2D eigenvalue weighted by Crippen LogP contribution is 2.50. The van der Waals surface area contributed by atoms with Crippen molar-refractivity contribution in [2.45, 2.75) is 46.6 Å². The average molecular weight is 398 g/mol. The Morgan fingerprint density at radius 2 is 1.45 bits per heavy atom. The number of aliphatic hydroxyl groups excluding tert-OH is 2. The van der Waals surface area contributed by atoms with E-state index in [1.54, 1.807) is 0 Å². The van der Waals surface area contributed by atoms with E-state index in [2.05, 4.69) is 0 Å². The SMILES string of the molecule is CC(C)=CCc1c(O)c(O)c2c(c1CC=C(C)C)C(=O)C1C(O)=CC=C(O)C1O2. The zero-order valence-electron chi connectivity index (χ0n) is 17.0. The predicted molar refractivity (Wildman–Crippen MR) is 110 cm³/mol. The van der Waals surface area contributed by atoms with E-state index in [1.807, 2.05) is 39.8 Å². The standard InChI is InChI=1S/C23H26O6/c1-11(2)5-7-13-14(8-6-12(3)4)19(26)21(28)23-17(13)20(27)18-15(24)9-10-16(25)22(18)29-23/h5-6,9-10,18,22,24-26,28H,7-8H2,1-4H3. The predicted octanol–water partition coefficient (Wildman–Crippen LogP) is 4.57. The number of carbonyl (C=O) groups excluding carboxylic acids is 1. The second-order valence-electron chi connectivity index (χ2n) is 7.89. The molecule has 0 saturated carbocycles. The summed E-state index contributed by atoms with van der Waals surface area (Å²) in [6.07, 6.45) is 5.87. The molecule has 2 aliphatic rings. The number of ketones is 1. The van der Waals surface area contributed by atoms with Crippen LogP contribution in [0.5, 0.6) is 17.2 Å². The van der Waals surface area contributed by atoms with E-state index < -0.39 is 23.6 Å². The van der Waals surface area contributed by atoms with Crippen LogP contribution in [-0.4, -0.2) is 32.3 Å². The van der Waals surface area contributed by atoms with Gasteiger partial charge in [-0.15, -0.1) is 0 Å². The van der Waals surface area contributed by atoms with Crippen molar-refractivity contribution in [2.24, 2.45) is 5.92 Å². The highest BCUT2D eigenvalue weighted by atomic mass is 16.5. The van der Waals surface area contributed by atoms with E-state index >= 15 is 0 Å². The van der Waals surface area contributed by atoms with Gasteiger partial charge in [0.05, 0.1) is 5.56 Å². The Kier molecular flexibility index (Phi) is 5.46. The molecular weight excluding hydrogens is 372 g/mol. The molecule has 2 atom stereocenters. The fourth-order valence-electron chi connectivity index (χ4n) is 3.61. The average Bonchev–Trinajstić information content (AvgIpc) is 2.65. The van der Waals surface area contributed by atoms with Gasteiger partial charge in [0.1, 0.15) is 17.4 Å². The fourth-order valence-corrected chi connectivity index (χ4v) is 3.61. The van der Waals surface area contributed by atoms with Gasteiger partial charge in [-0.25, -0.2) is 0 Å². The summed E-state index contributed by atoms with van der Waals surface area (Å²) >= 11 is 0. The lowest BCUT2D eigenvalue weighted by Crippen LogP contribution is -2.42. The van der Waals surface area contributed by atoms with Gasteiger partial charge in [0.2, 0.25) is 5.75 Å². The van der Waals surface area contributed by atoms with Crippen LogP contribution in [0.25, 0.3) is 0 Å². The topological polar surface area (TPSA) is 107 Å². The molecule has 1 heterocycles. The Morgan fingerprint density at radius 1 is 0.897 bits per heavy atom. The fraction of sp³-hybridized carbons (Fsp3) is 0.348. The molecule has 1 aliphatic heterocycles. The summed E-state index contributed by atoms with van der Waals surface area (Å²) in [5.74, 6) is -3.05. The maximum Gasteiger partial charge on any atom is 0.201 e. The number of benzene rings is 1. The summed E-state index contributed by atoms with van der Waals surface area (Å²) in [6, 6.07) is 0. The minimum atomic E-state index is -1.15. The van der Waals surface area contributed by atoms with Crippen molar-refractivity contribution in [1.29, 1.82) is 0 Å². The Bertz CT molecular complexity index is 985. The Morgan fingerprint density at radius 3 is 2.03 bits per heavy atom. The van der Waals surface area contributed by atoms with Crippen molar-refractivity contribution in [3.63, 3.8) is 0 Å². The summed E-state index contributed by atoms with van der Waals surface area (Å²) in [6.45, 7) is 7.69. The summed E-state index contributed by atoms with van der Waals surface area (Å²) in [5, 5.41) is 41.7. The van der Waals surface area contributed by atoms with E-state index in [-0.39, 0.29) is 28.6 Å². The van der Waals surface area contributed by atoms with Crippen molar-refractivity contribution in [2.75, 3.05) is 0 Å². The second kappa shape index (κ2) is 7.70. The number of carbonyl (C=O) groups is 1. The first kappa shape index (κ1) is 20.6. The van der Waals surface area contributed by atoms with Gasteiger partial charge >= 0.3 is 0 Å². The molecule has 0 radical (unpaired) electrons. The van der Waals surface area contributed by atoms with E-state index in [9.17, 15) is 25.2 Å². The summed E-state index contributed by atoms with van der Waals surface area (Å²) in [7, 11) is 0. The molecule has 4 N–H and O–H groups in total. The number of fused-ring (bicyclic) bond motifs is 2. The van der Waals surface area contributed by atoms with Gasteiger partial charge in [-0.2, -0.15) is 0 Å². The molecular formula is C23H26O6. The number of phenols is 2. The van der Waals surface area contributed by atoms with Crippen LogP contribution < -0.4 is 4.74 Å². The summed E-state index contributed by atoms with van der Waals surface area (Å²) < 4.78 is 5.74. The lowest BCUT2D eigenvalue weighted by molar-refractivity contribution is 0.0592. The molecule has 6 nitrogen and oxygen atoms in total. The van der Waals surface area contributed by atoms with Crippen molar-refractivity contribution < 1.29 is 30.0 Å². The van der Waals surface area contributed by atoms with Gasteiger partial charge in [-0.3, -0.25) is 4.79 Å². The minimum Gasteiger partial charge on any atom is -0.511 e. The van der Waals surface area contributed by atoms with Crippen LogP contribution in [0.15, 0.2) is 47.0 Å². The molecule has 154 valence electrons. The van der Waals surface area contributed by atoms with Crippen molar-refractivity contribution in [3.8, 4) is 17.2 Å². The largest absolute Gasteiger partial charge is 0.511 e. The summed E-state index contributed by atoms with van der Waals surface area (Å²) in [5.41, 5.74) is 3.17. The van der Waals surface area contributed by atoms with Crippen LogP contribution in [0.3, 0.4) is 0 Å². The third kappa shape index (κ3) is 3.62. The van der Waals surface area contributed by atoms with Gasteiger partial charge in [-0.1, -0.05) is 23.3 Å². The van der Waals surface area contributed by atoms with E-state index in [0.29, 0.717) is 24.0 Å². The number of hydrogen-bond donors (Lipinski definition) is 4. The molecule has 1 aliphatic carbocycles. The summed E-state index contributed by atoms with van der Waals surface area (Å²) in [4.78, 5) is 13.4. The normalized spacial score (nSPS) is 19.9. The van der Waals surface area contributed by atoms with Crippen LogP contribution in [0.1, 0.15) is 49.2 Å². The second-order valence-corrected chi connectivity index (χ2v) is 7.89. The highest BCUT2D eigenvalue weighted by molar-refractivity contribution is 6.06. The van der Waals surface area contributed by atoms with Crippen molar-refractivity contribution in [1.82, 2.24) is 0 Å². The third-order valence-electron chi connectivity index (χ3n) is 5.16. The lowest BCUT2D eigenvalue weighted by Gasteiger charge is -2.35. The third-order valence-corrected chi connectivity index (χ3v) is 5.16. The number of Topliss-reactive ketones (excluding diaryl/α,β-unsaturated/α-hetero) is 1. The molecule has 29 heavy (non-hydrogen) atoms. The van der Waals surface area contributed by atoms with Crippen LogP contribution in [-0.2, 0) is 12.8 Å². The molecule has 0 bridgehead atoms. The molecule has 0 saturated heterocycles.